The van der Waals surface area contributed by atoms with Gasteiger partial charge in [-0.25, -0.2) is 4.98 Å². The van der Waals surface area contributed by atoms with Crippen LogP contribution in [0.15, 0.2) is 12.3 Å². The Hall–Kier alpha value is -1.25. The van der Waals surface area contributed by atoms with Gasteiger partial charge in [0.25, 0.3) is 0 Å². The highest BCUT2D eigenvalue weighted by Gasteiger charge is 2.07. The highest BCUT2D eigenvalue weighted by atomic mass is 16.5. The maximum atomic E-state index is 5.24. The minimum absolute atomic E-state index is 0.837. The second-order valence-electron chi connectivity index (χ2n) is 3.05. The van der Waals surface area contributed by atoms with Crippen molar-refractivity contribution < 1.29 is 4.74 Å². The van der Waals surface area contributed by atoms with Gasteiger partial charge in [-0.05, 0) is 25.5 Å². The van der Waals surface area contributed by atoms with E-state index in [1.165, 1.54) is 0 Å². The molecule has 3 heteroatoms. The largest absolute Gasteiger partial charge is 0.493 e. The third-order valence-corrected chi connectivity index (χ3v) is 2.03. The van der Waals surface area contributed by atoms with Gasteiger partial charge in [-0.1, -0.05) is 0 Å². The molecule has 72 valence electrons. The Balaban J connectivity index is 3.05. The average Bonchev–Trinajstić information content (AvgIpc) is 2.16. The lowest BCUT2D eigenvalue weighted by Gasteiger charge is -2.18. The fourth-order valence-electron chi connectivity index (χ4n) is 1.12. The molecule has 0 unspecified atom stereocenters. The zero-order valence-corrected chi connectivity index (χ0v) is 8.66. The Bertz CT molecular complexity index is 286. The number of aryl methyl sites for hydroxylation is 1. The van der Waals surface area contributed by atoms with Gasteiger partial charge in [0.1, 0.15) is 0 Å². The second kappa shape index (κ2) is 4.12. The van der Waals surface area contributed by atoms with Gasteiger partial charge >= 0.3 is 0 Å². The van der Waals surface area contributed by atoms with E-state index in [0.29, 0.717) is 0 Å². The van der Waals surface area contributed by atoms with Gasteiger partial charge < -0.3 is 9.64 Å². The van der Waals surface area contributed by atoms with E-state index < -0.39 is 0 Å². The average molecular weight is 180 g/mol. The van der Waals surface area contributed by atoms with Crippen LogP contribution >= 0.6 is 0 Å². The third-order valence-electron chi connectivity index (χ3n) is 2.03. The van der Waals surface area contributed by atoms with Crippen LogP contribution < -0.4 is 9.64 Å². The summed E-state index contributed by atoms with van der Waals surface area (Å²) in [5.74, 6) is 1.74. The van der Waals surface area contributed by atoms with E-state index >= 15 is 0 Å². The smallest absolute Gasteiger partial charge is 0.171 e. The summed E-state index contributed by atoms with van der Waals surface area (Å²) in [5.41, 5.74) is 1.12. The molecule has 13 heavy (non-hydrogen) atoms. The predicted molar refractivity (Wildman–Crippen MR) is 54.5 cm³/mol. The van der Waals surface area contributed by atoms with Crippen LogP contribution in [0, 0.1) is 6.92 Å². The molecular formula is C10H16N2O. The van der Waals surface area contributed by atoms with Crippen LogP contribution in [0.1, 0.15) is 12.5 Å². The summed E-state index contributed by atoms with van der Waals surface area (Å²) in [6, 6.07) is 1.99. The van der Waals surface area contributed by atoms with Crippen LogP contribution in [0.2, 0.25) is 0 Å². The molecule has 1 rings (SSSR count). The summed E-state index contributed by atoms with van der Waals surface area (Å²) < 4.78 is 5.24. The van der Waals surface area contributed by atoms with E-state index in [4.69, 9.17) is 4.74 Å². The molecule has 0 spiro atoms. The topological polar surface area (TPSA) is 25.4 Å². The van der Waals surface area contributed by atoms with Gasteiger partial charge in [0.15, 0.2) is 11.6 Å². The fraction of sp³-hybridized carbons (Fsp3) is 0.500. The Labute approximate surface area is 79.3 Å². The Kier molecular flexibility index (Phi) is 3.12. The molecule has 0 aliphatic heterocycles. The minimum Gasteiger partial charge on any atom is -0.493 e. The fourth-order valence-corrected chi connectivity index (χ4v) is 1.12. The van der Waals surface area contributed by atoms with Crippen LogP contribution in [-0.2, 0) is 0 Å². The van der Waals surface area contributed by atoms with Crippen molar-refractivity contribution in [3.8, 4) is 5.75 Å². The zero-order valence-electron chi connectivity index (χ0n) is 8.66. The molecule has 0 aromatic carbocycles. The van der Waals surface area contributed by atoms with Crippen LogP contribution in [0.4, 0.5) is 5.82 Å². The normalized spacial score (nSPS) is 9.85. The number of nitrogens with zero attached hydrogens (tertiary/aromatic N) is 2. The molecule has 0 fully saturated rings. The molecule has 0 amide bonds. The lowest BCUT2D eigenvalue weighted by molar-refractivity contribution is 0.413. The molecule has 0 aliphatic rings. The van der Waals surface area contributed by atoms with Gasteiger partial charge in [0.2, 0.25) is 0 Å². The van der Waals surface area contributed by atoms with Crippen molar-refractivity contribution in [1.29, 1.82) is 0 Å². The van der Waals surface area contributed by atoms with Crippen LogP contribution in [-0.4, -0.2) is 25.7 Å². The van der Waals surface area contributed by atoms with Crippen molar-refractivity contribution in [2.24, 2.45) is 0 Å². The molecule has 0 radical (unpaired) electrons. The number of aromatic nitrogens is 1. The molecule has 0 N–H and O–H groups in total. The molecule has 0 saturated heterocycles. The summed E-state index contributed by atoms with van der Waals surface area (Å²) >= 11 is 0. The summed E-state index contributed by atoms with van der Waals surface area (Å²) in [6.45, 7) is 5.01. The number of ether oxygens (including phenoxy) is 1. The molecule has 0 bridgehead atoms. The first-order valence-corrected chi connectivity index (χ1v) is 4.40. The van der Waals surface area contributed by atoms with Crippen LogP contribution in [0.5, 0.6) is 5.75 Å². The summed E-state index contributed by atoms with van der Waals surface area (Å²) in [7, 11) is 3.67. The van der Waals surface area contributed by atoms with Gasteiger partial charge in [0, 0.05) is 19.8 Å². The lowest BCUT2D eigenvalue weighted by atomic mass is 10.3. The van der Waals surface area contributed by atoms with Crippen molar-refractivity contribution in [3.05, 3.63) is 17.8 Å². The molecule has 3 nitrogen and oxygen atoms in total. The van der Waals surface area contributed by atoms with Crippen LogP contribution in [0.3, 0.4) is 0 Å². The Morgan fingerprint density at radius 1 is 1.54 bits per heavy atom. The standard InChI is InChI=1S/C10H16N2O/c1-5-12(3)10-9(13-4)6-8(2)7-11-10/h6-7H,5H2,1-4H3. The number of hydrogen-bond donors (Lipinski definition) is 0. The summed E-state index contributed by atoms with van der Waals surface area (Å²) in [5, 5.41) is 0. The molecule has 0 atom stereocenters. The van der Waals surface area contributed by atoms with E-state index in [-0.39, 0.29) is 0 Å². The number of hydrogen-bond acceptors (Lipinski definition) is 3. The van der Waals surface area contributed by atoms with Gasteiger partial charge in [-0.2, -0.15) is 0 Å². The van der Waals surface area contributed by atoms with Crippen molar-refractivity contribution in [3.63, 3.8) is 0 Å². The first-order valence-electron chi connectivity index (χ1n) is 4.40. The molecule has 0 saturated carbocycles. The van der Waals surface area contributed by atoms with E-state index in [2.05, 4.69) is 16.8 Å². The third kappa shape index (κ3) is 2.11. The molecular weight excluding hydrogens is 164 g/mol. The summed E-state index contributed by atoms with van der Waals surface area (Å²) in [6.07, 6.45) is 1.85. The Morgan fingerprint density at radius 3 is 2.77 bits per heavy atom. The molecule has 1 aromatic rings. The molecule has 1 heterocycles. The highest BCUT2D eigenvalue weighted by Crippen LogP contribution is 2.24. The van der Waals surface area contributed by atoms with Crippen molar-refractivity contribution >= 4 is 5.82 Å². The van der Waals surface area contributed by atoms with Gasteiger partial charge in [0.05, 0.1) is 7.11 Å². The quantitative estimate of drug-likeness (QED) is 0.710. The SMILES string of the molecule is CCN(C)c1ncc(C)cc1OC. The lowest BCUT2D eigenvalue weighted by Crippen LogP contribution is -2.18. The van der Waals surface area contributed by atoms with Gasteiger partial charge in [-0.3, -0.25) is 0 Å². The number of methoxy groups -OCH3 is 1. The van der Waals surface area contributed by atoms with E-state index in [0.717, 1.165) is 23.7 Å². The van der Waals surface area contributed by atoms with Crippen LogP contribution in [0.25, 0.3) is 0 Å². The van der Waals surface area contributed by atoms with Crippen molar-refractivity contribution in [2.75, 3.05) is 25.6 Å². The van der Waals surface area contributed by atoms with E-state index in [1.807, 2.05) is 26.2 Å². The van der Waals surface area contributed by atoms with Gasteiger partial charge in [-0.15, -0.1) is 0 Å². The Morgan fingerprint density at radius 2 is 2.23 bits per heavy atom. The van der Waals surface area contributed by atoms with Crippen molar-refractivity contribution in [2.45, 2.75) is 13.8 Å². The number of pyridine rings is 1. The zero-order chi connectivity index (χ0) is 9.84. The number of anilines is 1. The van der Waals surface area contributed by atoms with E-state index in [1.54, 1.807) is 7.11 Å². The summed E-state index contributed by atoms with van der Waals surface area (Å²) in [4.78, 5) is 6.37. The molecule has 0 aliphatic carbocycles. The first-order chi connectivity index (χ1) is 6.19. The van der Waals surface area contributed by atoms with E-state index in [9.17, 15) is 0 Å². The van der Waals surface area contributed by atoms with Crippen molar-refractivity contribution in [1.82, 2.24) is 4.98 Å². The monoisotopic (exact) mass is 180 g/mol. The highest BCUT2D eigenvalue weighted by molar-refractivity contribution is 5.52. The maximum absolute atomic E-state index is 5.24. The maximum Gasteiger partial charge on any atom is 0.171 e. The minimum atomic E-state index is 0.837. The second-order valence-corrected chi connectivity index (χ2v) is 3.05. The first kappa shape index (κ1) is 9.84. The predicted octanol–water partition coefficient (Wildman–Crippen LogP) is 1.85. The molecule has 1 aromatic heterocycles. The number of rotatable bonds is 3.